The first-order valence-electron chi connectivity index (χ1n) is 5.74. The molecule has 0 saturated carbocycles. The standard InChI is InChI=1S/C13H8N6S/c14-8-10-6-7-12(9-15-10)20-13-16-17-18-19(13)11-4-2-1-3-5-11/h1-7,9H. The van der Waals surface area contributed by atoms with Crippen molar-refractivity contribution in [2.24, 2.45) is 0 Å². The highest BCUT2D eigenvalue weighted by Crippen LogP contribution is 2.26. The second kappa shape index (κ2) is 5.50. The van der Waals surface area contributed by atoms with E-state index in [1.807, 2.05) is 42.5 Å². The summed E-state index contributed by atoms with van der Waals surface area (Å²) in [4.78, 5) is 4.89. The highest BCUT2D eigenvalue weighted by Gasteiger charge is 2.09. The SMILES string of the molecule is N#Cc1ccc(Sc2nnnn2-c2ccccc2)cn1. The summed E-state index contributed by atoms with van der Waals surface area (Å²) >= 11 is 1.39. The molecule has 0 amide bonds. The zero-order valence-electron chi connectivity index (χ0n) is 10.2. The largest absolute Gasteiger partial charge is 0.244 e. The van der Waals surface area contributed by atoms with Gasteiger partial charge in [-0.15, -0.1) is 5.10 Å². The van der Waals surface area contributed by atoms with Crippen LogP contribution in [0.4, 0.5) is 0 Å². The molecule has 7 heteroatoms. The van der Waals surface area contributed by atoms with Crippen LogP contribution in [0.5, 0.6) is 0 Å². The van der Waals surface area contributed by atoms with Gasteiger partial charge in [-0.3, -0.25) is 0 Å². The third-order valence-corrected chi connectivity index (χ3v) is 3.42. The number of pyridine rings is 1. The van der Waals surface area contributed by atoms with Crippen LogP contribution >= 0.6 is 11.8 Å². The first kappa shape index (κ1) is 12.3. The number of hydrogen-bond acceptors (Lipinski definition) is 6. The molecule has 20 heavy (non-hydrogen) atoms. The van der Waals surface area contributed by atoms with Gasteiger partial charge in [-0.05, 0) is 46.5 Å². The van der Waals surface area contributed by atoms with Crippen molar-refractivity contribution in [3.63, 3.8) is 0 Å². The zero-order valence-corrected chi connectivity index (χ0v) is 11.0. The Hall–Kier alpha value is -2.72. The predicted molar refractivity (Wildman–Crippen MR) is 72.2 cm³/mol. The molecule has 1 aromatic carbocycles. The van der Waals surface area contributed by atoms with E-state index in [-0.39, 0.29) is 0 Å². The molecule has 0 unspecified atom stereocenters. The van der Waals surface area contributed by atoms with Crippen LogP contribution in [0.3, 0.4) is 0 Å². The quantitative estimate of drug-likeness (QED) is 0.730. The molecule has 0 saturated heterocycles. The lowest BCUT2D eigenvalue weighted by molar-refractivity contribution is 0.756. The summed E-state index contributed by atoms with van der Waals surface area (Å²) < 4.78 is 1.66. The number of tetrazole rings is 1. The van der Waals surface area contributed by atoms with Crippen molar-refractivity contribution in [3.8, 4) is 11.8 Å². The minimum atomic E-state index is 0.386. The highest BCUT2D eigenvalue weighted by molar-refractivity contribution is 7.99. The van der Waals surface area contributed by atoms with Crippen LogP contribution in [-0.4, -0.2) is 25.2 Å². The topological polar surface area (TPSA) is 80.3 Å². The summed E-state index contributed by atoms with van der Waals surface area (Å²) in [6.45, 7) is 0. The van der Waals surface area contributed by atoms with Crippen molar-refractivity contribution in [1.29, 1.82) is 5.26 Å². The second-order valence-corrected chi connectivity index (χ2v) is 4.84. The lowest BCUT2D eigenvalue weighted by Gasteiger charge is -2.03. The molecule has 2 heterocycles. The number of nitriles is 1. The van der Waals surface area contributed by atoms with E-state index >= 15 is 0 Å². The zero-order chi connectivity index (χ0) is 13.8. The number of aromatic nitrogens is 5. The Labute approximate surface area is 119 Å². The third-order valence-electron chi connectivity index (χ3n) is 2.50. The van der Waals surface area contributed by atoms with Gasteiger partial charge in [0, 0.05) is 11.1 Å². The van der Waals surface area contributed by atoms with Crippen LogP contribution in [-0.2, 0) is 0 Å². The molecule has 96 valence electrons. The molecule has 0 aliphatic heterocycles. The normalized spacial score (nSPS) is 10.2. The first-order chi connectivity index (χ1) is 9.86. The molecule has 2 aromatic heterocycles. The van der Waals surface area contributed by atoms with Gasteiger partial charge in [0.2, 0.25) is 5.16 Å². The fourth-order valence-electron chi connectivity index (χ4n) is 1.59. The average molecular weight is 280 g/mol. The van der Waals surface area contributed by atoms with Gasteiger partial charge in [0.25, 0.3) is 0 Å². The molecule has 0 N–H and O–H groups in total. The van der Waals surface area contributed by atoms with E-state index in [1.165, 1.54) is 11.8 Å². The van der Waals surface area contributed by atoms with Gasteiger partial charge in [0.1, 0.15) is 11.8 Å². The molecule has 0 spiro atoms. The molecule has 0 fully saturated rings. The third kappa shape index (κ3) is 2.50. The van der Waals surface area contributed by atoms with Crippen LogP contribution in [0.15, 0.2) is 58.7 Å². The van der Waals surface area contributed by atoms with Crippen LogP contribution in [0.1, 0.15) is 5.69 Å². The smallest absolute Gasteiger partial charge is 0.218 e. The number of para-hydroxylation sites is 1. The minimum Gasteiger partial charge on any atom is -0.244 e. The summed E-state index contributed by atoms with van der Waals surface area (Å²) in [5.74, 6) is 0. The maximum absolute atomic E-state index is 8.72. The van der Waals surface area contributed by atoms with Crippen molar-refractivity contribution in [1.82, 2.24) is 25.2 Å². The monoisotopic (exact) mass is 280 g/mol. The summed E-state index contributed by atoms with van der Waals surface area (Å²) in [5.41, 5.74) is 1.28. The Morgan fingerprint density at radius 1 is 1.10 bits per heavy atom. The fraction of sp³-hybridized carbons (Fsp3) is 0. The van der Waals surface area contributed by atoms with E-state index < -0.39 is 0 Å². The van der Waals surface area contributed by atoms with E-state index in [1.54, 1.807) is 16.9 Å². The van der Waals surface area contributed by atoms with Gasteiger partial charge in [-0.2, -0.15) is 9.94 Å². The van der Waals surface area contributed by atoms with Gasteiger partial charge in [-0.1, -0.05) is 18.2 Å². The molecule has 6 nitrogen and oxygen atoms in total. The van der Waals surface area contributed by atoms with E-state index in [0.717, 1.165) is 10.6 Å². The summed E-state index contributed by atoms with van der Waals surface area (Å²) in [5, 5.41) is 21.0. The highest BCUT2D eigenvalue weighted by atomic mass is 32.2. The van der Waals surface area contributed by atoms with E-state index in [9.17, 15) is 0 Å². The van der Waals surface area contributed by atoms with Crippen LogP contribution in [0.2, 0.25) is 0 Å². The number of hydrogen-bond donors (Lipinski definition) is 0. The summed E-state index contributed by atoms with van der Waals surface area (Å²) in [7, 11) is 0. The Kier molecular flexibility index (Phi) is 3.39. The molecule has 0 bridgehead atoms. The maximum Gasteiger partial charge on any atom is 0.218 e. The summed E-state index contributed by atoms with van der Waals surface area (Å²) in [6, 6.07) is 15.1. The van der Waals surface area contributed by atoms with Gasteiger partial charge in [0.15, 0.2) is 0 Å². The molecule has 3 aromatic rings. The Bertz CT molecular complexity index is 745. The van der Waals surface area contributed by atoms with Crippen molar-refractivity contribution in [2.45, 2.75) is 10.1 Å². The van der Waals surface area contributed by atoms with Crippen LogP contribution < -0.4 is 0 Å². The van der Waals surface area contributed by atoms with Crippen LogP contribution in [0.25, 0.3) is 5.69 Å². The molecule has 0 aliphatic carbocycles. The van der Waals surface area contributed by atoms with Crippen molar-refractivity contribution >= 4 is 11.8 Å². The van der Waals surface area contributed by atoms with Gasteiger partial charge in [0.05, 0.1) is 5.69 Å². The molecule has 0 radical (unpaired) electrons. The maximum atomic E-state index is 8.72. The minimum absolute atomic E-state index is 0.386. The van der Waals surface area contributed by atoms with Crippen molar-refractivity contribution in [3.05, 3.63) is 54.4 Å². The van der Waals surface area contributed by atoms with Gasteiger partial charge in [-0.25, -0.2) is 4.98 Å². The molecule has 3 rings (SSSR count). The number of rotatable bonds is 3. The first-order valence-corrected chi connectivity index (χ1v) is 6.56. The lowest BCUT2D eigenvalue weighted by Crippen LogP contribution is -1.98. The molecule has 0 aliphatic rings. The van der Waals surface area contributed by atoms with Crippen LogP contribution in [0, 0.1) is 11.3 Å². The Morgan fingerprint density at radius 2 is 1.95 bits per heavy atom. The molecular formula is C13H8N6S. The van der Waals surface area contributed by atoms with Gasteiger partial charge >= 0.3 is 0 Å². The van der Waals surface area contributed by atoms with Gasteiger partial charge < -0.3 is 0 Å². The average Bonchev–Trinajstić information content (AvgIpc) is 2.97. The summed E-state index contributed by atoms with van der Waals surface area (Å²) in [6.07, 6.45) is 1.63. The lowest BCUT2D eigenvalue weighted by atomic mass is 10.3. The predicted octanol–water partition coefficient (Wildman–Crippen LogP) is 2.08. The van der Waals surface area contributed by atoms with Crippen molar-refractivity contribution < 1.29 is 0 Å². The van der Waals surface area contributed by atoms with E-state index in [2.05, 4.69) is 20.5 Å². The fourth-order valence-corrected chi connectivity index (χ4v) is 2.34. The van der Waals surface area contributed by atoms with Crippen molar-refractivity contribution in [2.75, 3.05) is 0 Å². The molecule has 0 atom stereocenters. The van der Waals surface area contributed by atoms with E-state index in [0.29, 0.717) is 10.9 Å². The van der Waals surface area contributed by atoms with E-state index in [4.69, 9.17) is 5.26 Å². The number of nitrogens with zero attached hydrogens (tertiary/aromatic N) is 6. The Balaban J connectivity index is 1.89. The molecular weight excluding hydrogens is 272 g/mol. The number of benzene rings is 1. The Morgan fingerprint density at radius 3 is 2.65 bits per heavy atom. The second-order valence-electron chi connectivity index (χ2n) is 3.80.